The first-order chi connectivity index (χ1) is 7.81. The monoisotopic (exact) mass is 247 g/mol. The van der Waals surface area contributed by atoms with Gasteiger partial charge < -0.3 is 4.74 Å². The number of ether oxygens (including phenoxy) is 1. The number of methoxy groups -OCH3 is 1. The summed E-state index contributed by atoms with van der Waals surface area (Å²) in [6.45, 7) is 0. The molecule has 17 heavy (non-hydrogen) atoms. The van der Waals surface area contributed by atoms with Crippen LogP contribution in [-0.4, -0.2) is 13.1 Å². The lowest BCUT2D eigenvalue weighted by Gasteiger charge is -2.13. The Balaban J connectivity index is 3.63. The number of rotatable bonds is 1. The van der Waals surface area contributed by atoms with Crippen molar-refractivity contribution in [2.45, 2.75) is 6.18 Å². The molecule has 90 valence electrons. The van der Waals surface area contributed by atoms with Gasteiger partial charge in [0.2, 0.25) is 0 Å². The lowest BCUT2D eigenvalue weighted by Crippen LogP contribution is -2.16. The number of alkyl halides is 3. The molecule has 0 amide bonds. The molecule has 0 N–H and O–H groups in total. The van der Waals surface area contributed by atoms with Gasteiger partial charge in [-0.05, 0) is 12.1 Å². The van der Waals surface area contributed by atoms with Gasteiger partial charge in [0.05, 0.1) is 29.9 Å². The summed E-state index contributed by atoms with van der Waals surface area (Å²) in [6, 6.07) is 1.99. The Morgan fingerprint density at radius 2 is 2.00 bits per heavy atom. The van der Waals surface area contributed by atoms with Gasteiger partial charge in [-0.15, -0.1) is 0 Å². The molecule has 1 rings (SSSR count). The highest BCUT2D eigenvalue weighted by Gasteiger charge is 2.39. The fourth-order valence-corrected chi connectivity index (χ4v) is 1.27. The third-order valence-electron chi connectivity index (χ3n) is 1.91. The van der Waals surface area contributed by atoms with E-state index in [0.29, 0.717) is 12.1 Å². The zero-order valence-electron chi connectivity index (χ0n) is 8.43. The van der Waals surface area contributed by atoms with Gasteiger partial charge in [0.25, 0.3) is 0 Å². The summed E-state index contributed by atoms with van der Waals surface area (Å²) in [5, 5.41) is 8.52. The molecule has 0 fully saturated rings. The van der Waals surface area contributed by atoms with Crippen LogP contribution in [0.4, 0.5) is 17.6 Å². The molecule has 0 bridgehead atoms. The van der Waals surface area contributed by atoms with Gasteiger partial charge in [0.15, 0.2) is 0 Å². The van der Waals surface area contributed by atoms with Gasteiger partial charge in [0.1, 0.15) is 5.82 Å². The zero-order chi connectivity index (χ0) is 13.2. The largest absolute Gasteiger partial charge is 0.465 e. The summed E-state index contributed by atoms with van der Waals surface area (Å²) >= 11 is 0. The van der Waals surface area contributed by atoms with Crippen LogP contribution in [0.15, 0.2) is 12.1 Å². The molecule has 0 aliphatic rings. The number of nitriles is 1. The van der Waals surface area contributed by atoms with Gasteiger partial charge in [0, 0.05) is 0 Å². The normalized spacial score (nSPS) is 10.8. The molecule has 0 unspecified atom stereocenters. The lowest BCUT2D eigenvalue weighted by atomic mass is 10.0. The van der Waals surface area contributed by atoms with Crippen LogP contribution in [0.5, 0.6) is 0 Å². The fourth-order valence-electron chi connectivity index (χ4n) is 1.27. The minimum Gasteiger partial charge on any atom is -0.465 e. The zero-order valence-corrected chi connectivity index (χ0v) is 8.43. The molecule has 0 radical (unpaired) electrons. The van der Waals surface area contributed by atoms with Crippen molar-refractivity contribution in [1.29, 1.82) is 5.26 Å². The van der Waals surface area contributed by atoms with Gasteiger partial charge in [-0.25, -0.2) is 9.18 Å². The summed E-state index contributed by atoms with van der Waals surface area (Å²) in [6.07, 6.45) is -4.94. The topological polar surface area (TPSA) is 50.1 Å². The maximum absolute atomic E-state index is 13.0. The number of benzene rings is 1. The van der Waals surface area contributed by atoms with Gasteiger partial charge in [-0.1, -0.05) is 0 Å². The van der Waals surface area contributed by atoms with E-state index in [0.717, 1.165) is 7.11 Å². The molecule has 0 aliphatic carbocycles. The number of esters is 1. The Morgan fingerprint density at radius 1 is 1.41 bits per heavy atom. The minimum absolute atomic E-state index is 0.384. The Bertz CT molecular complexity index is 502. The van der Waals surface area contributed by atoms with E-state index in [1.807, 2.05) is 0 Å². The fraction of sp³-hybridized carbons (Fsp3) is 0.200. The summed E-state index contributed by atoms with van der Waals surface area (Å²) < 4.78 is 55.0. The number of hydrogen-bond acceptors (Lipinski definition) is 3. The third kappa shape index (κ3) is 2.53. The average Bonchev–Trinajstić information content (AvgIpc) is 2.24. The smallest absolute Gasteiger partial charge is 0.418 e. The molecule has 1 aromatic carbocycles. The molecule has 0 aliphatic heterocycles. The van der Waals surface area contributed by atoms with E-state index in [4.69, 9.17) is 5.26 Å². The van der Waals surface area contributed by atoms with Crippen molar-refractivity contribution in [3.8, 4) is 6.07 Å². The summed E-state index contributed by atoms with van der Waals surface area (Å²) in [7, 11) is 0.861. The number of carbonyl (C=O) groups excluding carboxylic acids is 1. The van der Waals surface area contributed by atoms with E-state index >= 15 is 0 Å². The standard InChI is InChI=1S/C10H5F4NO2/c1-17-9(16)7-3-6(11)2-5(4-15)8(7)10(12,13)14/h2-3H,1H3. The van der Waals surface area contributed by atoms with Crippen molar-refractivity contribution in [3.05, 3.63) is 34.6 Å². The SMILES string of the molecule is COC(=O)c1cc(F)cc(C#N)c1C(F)(F)F. The van der Waals surface area contributed by atoms with Crippen LogP contribution in [0.25, 0.3) is 0 Å². The predicted molar refractivity (Wildman–Crippen MR) is 47.5 cm³/mol. The molecule has 0 heterocycles. The number of carbonyl (C=O) groups is 1. The molecule has 7 heteroatoms. The predicted octanol–water partition coefficient (Wildman–Crippen LogP) is 2.50. The number of nitrogens with zero attached hydrogens (tertiary/aromatic N) is 1. The van der Waals surface area contributed by atoms with E-state index in [1.165, 1.54) is 6.07 Å². The van der Waals surface area contributed by atoms with Gasteiger partial charge >= 0.3 is 12.1 Å². The van der Waals surface area contributed by atoms with Crippen molar-refractivity contribution in [3.63, 3.8) is 0 Å². The maximum atomic E-state index is 13.0. The van der Waals surface area contributed by atoms with Crippen LogP contribution in [-0.2, 0) is 10.9 Å². The average molecular weight is 247 g/mol. The van der Waals surface area contributed by atoms with Gasteiger partial charge in [-0.3, -0.25) is 0 Å². The van der Waals surface area contributed by atoms with Gasteiger partial charge in [-0.2, -0.15) is 18.4 Å². The third-order valence-corrected chi connectivity index (χ3v) is 1.91. The maximum Gasteiger partial charge on any atom is 0.418 e. The molecule has 3 nitrogen and oxygen atoms in total. The van der Waals surface area contributed by atoms with Crippen molar-refractivity contribution in [2.75, 3.05) is 7.11 Å². The second-order valence-corrected chi connectivity index (χ2v) is 2.98. The van der Waals surface area contributed by atoms with Crippen LogP contribution in [0.3, 0.4) is 0 Å². The summed E-state index contributed by atoms with van der Waals surface area (Å²) in [4.78, 5) is 11.1. The number of halogens is 4. The second-order valence-electron chi connectivity index (χ2n) is 2.98. The molecule has 1 aromatic rings. The molecule has 0 saturated heterocycles. The Labute approximate surface area is 93.2 Å². The van der Waals surface area contributed by atoms with Crippen LogP contribution >= 0.6 is 0 Å². The first kappa shape index (κ1) is 13.0. The first-order valence-corrected chi connectivity index (χ1v) is 4.20. The van der Waals surface area contributed by atoms with E-state index in [2.05, 4.69) is 4.74 Å². The van der Waals surface area contributed by atoms with Crippen molar-refractivity contribution in [2.24, 2.45) is 0 Å². The quantitative estimate of drug-likeness (QED) is 0.566. The van der Waals surface area contributed by atoms with E-state index in [-0.39, 0.29) is 0 Å². The second kappa shape index (κ2) is 4.41. The highest BCUT2D eigenvalue weighted by Crippen LogP contribution is 2.35. The molecular formula is C10H5F4NO2. The molecular weight excluding hydrogens is 242 g/mol. The molecule has 0 aromatic heterocycles. The molecule has 0 saturated carbocycles. The highest BCUT2D eigenvalue weighted by molar-refractivity contribution is 5.92. The lowest BCUT2D eigenvalue weighted by molar-refractivity contribution is -0.138. The number of hydrogen-bond donors (Lipinski definition) is 0. The van der Waals surface area contributed by atoms with Crippen LogP contribution in [0.2, 0.25) is 0 Å². The molecule has 0 atom stereocenters. The summed E-state index contributed by atoms with van der Waals surface area (Å²) in [5.74, 6) is -2.47. The van der Waals surface area contributed by atoms with Crippen molar-refractivity contribution >= 4 is 5.97 Å². The van der Waals surface area contributed by atoms with Crippen LogP contribution in [0.1, 0.15) is 21.5 Å². The minimum atomic E-state index is -4.94. The van der Waals surface area contributed by atoms with Crippen molar-refractivity contribution < 1.29 is 27.1 Å². The van der Waals surface area contributed by atoms with E-state index < -0.39 is 34.7 Å². The van der Waals surface area contributed by atoms with Crippen LogP contribution < -0.4 is 0 Å². The van der Waals surface area contributed by atoms with Crippen molar-refractivity contribution in [1.82, 2.24) is 0 Å². The Morgan fingerprint density at radius 3 is 2.41 bits per heavy atom. The first-order valence-electron chi connectivity index (χ1n) is 4.20. The Hall–Kier alpha value is -2.10. The summed E-state index contributed by atoms with van der Waals surface area (Å²) in [5.41, 5.74) is -3.47. The van der Waals surface area contributed by atoms with Crippen LogP contribution in [0, 0.1) is 17.1 Å². The highest BCUT2D eigenvalue weighted by atomic mass is 19.4. The van der Waals surface area contributed by atoms with E-state index in [1.54, 1.807) is 0 Å². The van der Waals surface area contributed by atoms with E-state index in [9.17, 15) is 22.4 Å². The Kier molecular flexibility index (Phi) is 3.36. The molecule has 0 spiro atoms.